The van der Waals surface area contributed by atoms with E-state index in [9.17, 15) is 9.59 Å². The normalized spacial score (nSPS) is 15.9. The van der Waals surface area contributed by atoms with Crippen LogP contribution >= 0.6 is 0 Å². The molecule has 0 unspecified atom stereocenters. The number of carbonyl (C=O) groups is 2. The van der Waals surface area contributed by atoms with Gasteiger partial charge in [0.2, 0.25) is 5.91 Å². The molecule has 1 aliphatic rings. The van der Waals surface area contributed by atoms with Gasteiger partial charge in [0, 0.05) is 26.6 Å². The summed E-state index contributed by atoms with van der Waals surface area (Å²) in [7, 11) is 1.75. The standard InChI is InChI=1S/C27H27N5O3/c1-32-16-14-23(27(32)34)35-22-11-12-24(30-18-22)31-26(33)25(21-5-3-2-4-6-21)29-15-13-19-7-9-20(17-28)10-8-19/h2-12,18,23,25,29H,13-16H2,1H3,(H,30,31,33)/t23-,25-/m0/s1. The molecule has 4 rings (SSSR count). The third kappa shape index (κ3) is 6.22. The Morgan fingerprint density at radius 1 is 1.17 bits per heavy atom. The molecule has 1 fully saturated rings. The van der Waals surface area contributed by atoms with E-state index >= 15 is 0 Å². The van der Waals surface area contributed by atoms with Crippen molar-refractivity contribution in [2.45, 2.75) is 25.0 Å². The van der Waals surface area contributed by atoms with Crippen molar-refractivity contribution >= 4 is 17.6 Å². The predicted octanol–water partition coefficient (Wildman–Crippen LogP) is 3.07. The van der Waals surface area contributed by atoms with Crippen LogP contribution in [0.5, 0.6) is 5.75 Å². The molecule has 2 atom stereocenters. The van der Waals surface area contributed by atoms with Gasteiger partial charge in [0.25, 0.3) is 5.91 Å². The minimum atomic E-state index is -0.570. The van der Waals surface area contributed by atoms with E-state index in [1.807, 2.05) is 42.5 Å². The molecule has 2 aromatic carbocycles. The molecule has 178 valence electrons. The lowest BCUT2D eigenvalue weighted by Gasteiger charge is -2.19. The summed E-state index contributed by atoms with van der Waals surface area (Å²) in [6.07, 6.45) is 2.37. The highest BCUT2D eigenvalue weighted by Gasteiger charge is 2.30. The summed E-state index contributed by atoms with van der Waals surface area (Å²) in [5.74, 6) is 0.605. The Labute approximate surface area is 204 Å². The van der Waals surface area contributed by atoms with E-state index in [4.69, 9.17) is 10.00 Å². The molecule has 8 nitrogen and oxygen atoms in total. The molecule has 2 amide bonds. The van der Waals surface area contributed by atoms with E-state index in [-0.39, 0.29) is 11.8 Å². The molecule has 2 N–H and O–H groups in total. The molecule has 0 aliphatic carbocycles. The number of anilines is 1. The highest BCUT2D eigenvalue weighted by atomic mass is 16.5. The average Bonchev–Trinajstić information content (AvgIpc) is 3.20. The van der Waals surface area contributed by atoms with Crippen LogP contribution in [-0.2, 0) is 16.0 Å². The zero-order valence-corrected chi connectivity index (χ0v) is 19.5. The van der Waals surface area contributed by atoms with Gasteiger partial charge in [0.1, 0.15) is 17.6 Å². The van der Waals surface area contributed by atoms with Gasteiger partial charge in [-0.1, -0.05) is 42.5 Å². The van der Waals surface area contributed by atoms with E-state index in [1.165, 1.54) is 6.20 Å². The van der Waals surface area contributed by atoms with Gasteiger partial charge < -0.3 is 20.3 Å². The molecular weight excluding hydrogens is 442 g/mol. The molecule has 1 aliphatic heterocycles. The van der Waals surface area contributed by atoms with E-state index in [0.29, 0.717) is 43.1 Å². The topological polar surface area (TPSA) is 107 Å². The Hall–Kier alpha value is -4.22. The maximum atomic E-state index is 13.2. The number of pyridine rings is 1. The van der Waals surface area contributed by atoms with Gasteiger partial charge in [0.15, 0.2) is 6.10 Å². The van der Waals surface area contributed by atoms with Crippen LogP contribution < -0.4 is 15.4 Å². The molecular formula is C27H27N5O3. The Morgan fingerprint density at radius 3 is 2.57 bits per heavy atom. The lowest BCUT2D eigenvalue weighted by Crippen LogP contribution is -2.34. The molecule has 1 aromatic heterocycles. The lowest BCUT2D eigenvalue weighted by atomic mass is 10.1. The third-order valence-corrected chi connectivity index (χ3v) is 5.88. The second-order valence-electron chi connectivity index (χ2n) is 8.38. The van der Waals surface area contributed by atoms with Crippen LogP contribution in [0.15, 0.2) is 72.9 Å². The number of hydrogen-bond acceptors (Lipinski definition) is 6. The predicted molar refractivity (Wildman–Crippen MR) is 132 cm³/mol. The van der Waals surface area contributed by atoms with Crippen molar-refractivity contribution in [2.24, 2.45) is 0 Å². The number of amides is 2. The van der Waals surface area contributed by atoms with Crippen LogP contribution in [0, 0.1) is 11.3 Å². The first kappa shape index (κ1) is 23.9. The number of ether oxygens (including phenoxy) is 1. The number of nitrogens with one attached hydrogen (secondary N) is 2. The van der Waals surface area contributed by atoms with Crippen molar-refractivity contribution < 1.29 is 14.3 Å². The van der Waals surface area contributed by atoms with Crippen molar-refractivity contribution in [2.75, 3.05) is 25.5 Å². The smallest absolute Gasteiger partial charge is 0.263 e. The molecule has 0 saturated carbocycles. The summed E-state index contributed by atoms with van der Waals surface area (Å²) in [4.78, 5) is 31.1. The number of aromatic nitrogens is 1. The Morgan fingerprint density at radius 2 is 1.94 bits per heavy atom. The number of likely N-dealkylation sites (N-methyl/N-ethyl adjacent to an activating group) is 1. The fraction of sp³-hybridized carbons (Fsp3) is 0.259. The quantitative estimate of drug-likeness (QED) is 0.499. The molecule has 0 bridgehead atoms. The second-order valence-corrected chi connectivity index (χ2v) is 8.38. The summed E-state index contributed by atoms with van der Waals surface area (Å²) < 4.78 is 5.75. The zero-order valence-electron chi connectivity index (χ0n) is 19.5. The van der Waals surface area contributed by atoms with Crippen LogP contribution in [-0.4, -0.2) is 47.9 Å². The Bertz CT molecular complexity index is 1190. The maximum absolute atomic E-state index is 13.2. The van der Waals surface area contributed by atoms with E-state index in [2.05, 4.69) is 21.7 Å². The SMILES string of the molecule is CN1CC[C@H](Oc2ccc(NC(=O)[C@@H](NCCc3ccc(C#N)cc3)c3ccccc3)nc2)C1=O. The molecule has 1 saturated heterocycles. The molecule has 8 heteroatoms. The largest absolute Gasteiger partial charge is 0.479 e. The summed E-state index contributed by atoms with van der Waals surface area (Å²) >= 11 is 0. The monoisotopic (exact) mass is 469 g/mol. The van der Waals surface area contributed by atoms with Gasteiger partial charge in [-0.3, -0.25) is 9.59 Å². The van der Waals surface area contributed by atoms with E-state index in [1.54, 1.807) is 36.2 Å². The zero-order chi connectivity index (χ0) is 24.6. The number of hydrogen-bond donors (Lipinski definition) is 2. The lowest BCUT2D eigenvalue weighted by molar-refractivity contribution is -0.132. The van der Waals surface area contributed by atoms with Crippen molar-refractivity contribution in [3.8, 4) is 11.8 Å². The molecule has 0 radical (unpaired) electrons. The third-order valence-electron chi connectivity index (χ3n) is 5.88. The van der Waals surface area contributed by atoms with Gasteiger partial charge in [-0.2, -0.15) is 5.26 Å². The number of likely N-dealkylation sites (tertiary alicyclic amines) is 1. The molecule has 3 aromatic rings. The minimum Gasteiger partial charge on any atom is -0.479 e. The average molecular weight is 470 g/mol. The number of nitriles is 1. The van der Waals surface area contributed by atoms with Crippen LogP contribution in [0.25, 0.3) is 0 Å². The first-order valence-corrected chi connectivity index (χ1v) is 11.5. The molecule has 35 heavy (non-hydrogen) atoms. The van der Waals surface area contributed by atoms with Gasteiger partial charge in [0.05, 0.1) is 17.8 Å². The van der Waals surface area contributed by atoms with Gasteiger partial charge in [-0.05, 0) is 41.8 Å². The number of rotatable bonds is 9. The van der Waals surface area contributed by atoms with Gasteiger partial charge in [-0.15, -0.1) is 0 Å². The summed E-state index contributed by atoms with van der Waals surface area (Å²) in [6, 6.07) is 21.8. The van der Waals surface area contributed by atoms with Crippen molar-refractivity contribution in [3.63, 3.8) is 0 Å². The number of carbonyl (C=O) groups excluding carboxylic acids is 2. The Balaban J connectivity index is 1.37. The van der Waals surface area contributed by atoms with Crippen molar-refractivity contribution in [3.05, 3.63) is 89.6 Å². The highest BCUT2D eigenvalue weighted by molar-refractivity contribution is 5.94. The maximum Gasteiger partial charge on any atom is 0.263 e. The number of nitrogens with zero attached hydrogens (tertiary/aromatic N) is 3. The van der Waals surface area contributed by atoms with E-state index in [0.717, 1.165) is 11.1 Å². The van der Waals surface area contributed by atoms with Crippen LogP contribution in [0.1, 0.15) is 29.2 Å². The van der Waals surface area contributed by atoms with Crippen LogP contribution in [0.3, 0.4) is 0 Å². The highest BCUT2D eigenvalue weighted by Crippen LogP contribution is 2.20. The van der Waals surface area contributed by atoms with Crippen molar-refractivity contribution in [1.82, 2.24) is 15.2 Å². The fourth-order valence-electron chi connectivity index (χ4n) is 3.90. The first-order valence-electron chi connectivity index (χ1n) is 11.5. The molecule has 2 heterocycles. The summed E-state index contributed by atoms with van der Waals surface area (Å²) in [6.45, 7) is 1.24. The minimum absolute atomic E-state index is 0.0415. The first-order chi connectivity index (χ1) is 17.0. The van der Waals surface area contributed by atoms with Crippen LogP contribution in [0.2, 0.25) is 0 Å². The van der Waals surface area contributed by atoms with Gasteiger partial charge >= 0.3 is 0 Å². The van der Waals surface area contributed by atoms with Crippen molar-refractivity contribution in [1.29, 1.82) is 5.26 Å². The molecule has 0 spiro atoms. The fourth-order valence-corrected chi connectivity index (χ4v) is 3.90. The van der Waals surface area contributed by atoms with Gasteiger partial charge in [-0.25, -0.2) is 4.98 Å². The van der Waals surface area contributed by atoms with Crippen LogP contribution in [0.4, 0.5) is 5.82 Å². The second kappa shape index (κ2) is 11.3. The summed E-state index contributed by atoms with van der Waals surface area (Å²) in [5, 5.41) is 15.1. The Kier molecular flexibility index (Phi) is 7.70. The summed E-state index contributed by atoms with van der Waals surface area (Å²) in [5.41, 5.74) is 2.54. The van der Waals surface area contributed by atoms with E-state index < -0.39 is 12.1 Å². The number of benzene rings is 2.